The summed E-state index contributed by atoms with van der Waals surface area (Å²) in [6, 6.07) is 7.89. The Morgan fingerprint density at radius 3 is 3.00 bits per heavy atom. The molecule has 0 radical (unpaired) electrons. The number of nitrogen functional groups attached to an aromatic ring is 1. The van der Waals surface area contributed by atoms with E-state index in [1.165, 1.54) is 0 Å². The number of nitrogens with zero attached hydrogens (tertiary/aromatic N) is 2. The molecule has 5 heteroatoms. The van der Waals surface area contributed by atoms with Gasteiger partial charge in [-0.3, -0.25) is 0 Å². The van der Waals surface area contributed by atoms with Gasteiger partial charge in [-0.25, -0.2) is 4.68 Å². The number of hydrogen-bond donors (Lipinski definition) is 1. The Morgan fingerprint density at radius 2 is 2.25 bits per heavy atom. The van der Waals surface area contributed by atoms with Crippen LogP contribution in [0.5, 0.6) is 0 Å². The van der Waals surface area contributed by atoms with E-state index in [4.69, 9.17) is 10.5 Å². The maximum Gasteiger partial charge on any atom is 0.133 e. The number of halogens is 1. The topological polar surface area (TPSA) is 53.1 Å². The molecule has 0 saturated heterocycles. The third-order valence-electron chi connectivity index (χ3n) is 2.64. The molecule has 1 aromatic carbocycles. The first-order valence-corrected chi connectivity index (χ1v) is 5.75. The number of rotatable bonds is 1. The van der Waals surface area contributed by atoms with Crippen molar-refractivity contribution in [3.8, 4) is 5.69 Å². The van der Waals surface area contributed by atoms with E-state index >= 15 is 0 Å². The van der Waals surface area contributed by atoms with Crippen molar-refractivity contribution in [3.63, 3.8) is 0 Å². The highest BCUT2D eigenvalue weighted by Crippen LogP contribution is 2.27. The standard InChI is InChI=1S/C11H10BrN3O/c12-7-2-1-3-8(4-7)15-11(13)9-5-16-6-10(9)14-15/h1-4H,5-6,13H2. The fourth-order valence-corrected chi connectivity index (χ4v) is 2.23. The molecule has 0 fully saturated rings. The molecule has 0 amide bonds. The van der Waals surface area contributed by atoms with Crippen LogP contribution in [0.2, 0.25) is 0 Å². The Labute approximate surface area is 101 Å². The van der Waals surface area contributed by atoms with Crippen molar-refractivity contribution < 1.29 is 4.74 Å². The monoisotopic (exact) mass is 279 g/mol. The van der Waals surface area contributed by atoms with E-state index in [-0.39, 0.29) is 0 Å². The summed E-state index contributed by atoms with van der Waals surface area (Å²) in [6.45, 7) is 1.12. The molecule has 1 aromatic heterocycles. The maximum absolute atomic E-state index is 6.04. The molecule has 2 N–H and O–H groups in total. The highest BCUT2D eigenvalue weighted by molar-refractivity contribution is 9.10. The molecule has 2 aromatic rings. The van der Waals surface area contributed by atoms with E-state index in [0.29, 0.717) is 19.0 Å². The largest absolute Gasteiger partial charge is 0.383 e. The summed E-state index contributed by atoms with van der Waals surface area (Å²) in [4.78, 5) is 0. The van der Waals surface area contributed by atoms with E-state index in [2.05, 4.69) is 21.0 Å². The number of benzene rings is 1. The second-order valence-corrected chi connectivity index (χ2v) is 4.61. The van der Waals surface area contributed by atoms with Crippen molar-refractivity contribution in [1.82, 2.24) is 9.78 Å². The fourth-order valence-electron chi connectivity index (χ4n) is 1.84. The molecule has 4 nitrogen and oxygen atoms in total. The van der Waals surface area contributed by atoms with Gasteiger partial charge in [-0.15, -0.1) is 0 Å². The van der Waals surface area contributed by atoms with Crippen LogP contribution in [0.3, 0.4) is 0 Å². The molecular formula is C11H10BrN3O. The first-order valence-electron chi connectivity index (χ1n) is 4.95. The lowest BCUT2D eigenvalue weighted by atomic mass is 10.3. The first kappa shape index (κ1) is 9.86. The van der Waals surface area contributed by atoms with Crippen molar-refractivity contribution in [2.24, 2.45) is 0 Å². The SMILES string of the molecule is Nc1c2c(nn1-c1cccc(Br)c1)COC2. The number of ether oxygens (including phenoxy) is 1. The predicted octanol–water partition coefficient (Wildman–Crippen LogP) is 2.25. The number of fused-ring (bicyclic) bond motifs is 1. The summed E-state index contributed by atoms with van der Waals surface area (Å²) in [5.41, 5.74) is 8.96. The Kier molecular flexibility index (Phi) is 2.22. The summed E-state index contributed by atoms with van der Waals surface area (Å²) >= 11 is 3.43. The second-order valence-electron chi connectivity index (χ2n) is 3.69. The summed E-state index contributed by atoms with van der Waals surface area (Å²) < 4.78 is 8.06. The van der Waals surface area contributed by atoms with Crippen molar-refractivity contribution in [3.05, 3.63) is 40.0 Å². The van der Waals surface area contributed by atoms with Crippen LogP contribution < -0.4 is 5.73 Å². The fraction of sp³-hybridized carbons (Fsp3) is 0.182. The van der Waals surface area contributed by atoms with Gasteiger partial charge in [0, 0.05) is 10.0 Å². The van der Waals surface area contributed by atoms with Crippen molar-refractivity contribution in [1.29, 1.82) is 0 Å². The molecule has 3 rings (SSSR count). The molecule has 1 aliphatic heterocycles. The van der Waals surface area contributed by atoms with Gasteiger partial charge in [0.2, 0.25) is 0 Å². The van der Waals surface area contributed by atoms with Gasteiger partial charge >= 0.3 is 0 Å². The van der Waals surface area contributed by atoms with Gasteiger partial charge in [-0.05, 0) is 18.2 Å². The molecule has 0 aliphatic carbocycles. The van der Waals surface area contributed by atoms with Crippen molar-refractivity contribution in [2.45, 2.75) is 13.2 Å². The molecule has 0 atom stereocenters. The van der Waals surface area contributed by atoms with Crippen LogP contribution >= 0.6 is 15.9 Å². The molecule has 0 spiro atoms. The molecular weight excluding hydrogens is 270 g/mol. The quantitative estimate of drug-likeness (QED) is 0.871. The smallest absolute Gasteiger partial charge is 0.133 e. The van der Waals surface area contributed by atoms with Crippen LogP contribution in [0, 0.1) is 0 Å². The number of aromatic nitrogens is 2. The van der Waals surface area contributed by atoms with Crippen LogP contribution in [-0.2, 0) is 18.0 Å². The zero-order chi connectivity index (χ0) is 11.1. The van der Waals surface area contributed by atoms with E-state index in [9.17, 15) is 0 Å². The number of anilines is 1. The Morgan fingerprint density at radius 1 is 1.38 bits per heavy atom. The van der Waals surface area contributed by atoms with Gasteiger partial charge in [0.25, 0.3) is 0 Å². The zero-order valence-corrected chi connectivity index (χ0v) is 10.1. The minimum absolute atomic E-state index is 0.556. The Bertz CT molecular complexity index is 550. The van der Waals surface area contributed by atoms with E-state index in [0.717, 1.165) is 21.4 Å². The average Bonchev–Trinajstić information content (AvgIpc) is 2.82. The third kappa shape index (κ3) is 1.44. The summed E-state index contributed by atoms with van der Waals surface area (Å²) in [5, 5.41) is 4.45. The van der Waals surface area contributed by atoms with Crippen LogP contribution in [0.4, 0.5) is 5.82 Å². The van der Waals surface area contributed by atoms with Gasteiger partial charge in [-0.1, -0.05) is 22.0 Å². The molecule has 0 unspecified atom stereocenters. The molecule has 1 aliphatic rings. The number of hydrogen-bond acceptors (Lipinski definition) is 3. The van der Waals surface area contributed by atoms with Gasteiger partial charge in [0.15, 0.2) is 0 Å². The van der Waals surface area contributed by atoms with Gasteiger partial charge in [-0.2, -0.15) is 5.10 Å². The molecule has 16 heavy (non-hydrogen) atoms. The lowest BCUT2D eigenvalue weighted by Crippen LogP contribution is -2.04. The summed E-state index contributed by atoms with van der Waals surface area (Å²) in [6.07, 6.45) is 0. The van der Waals surface area contributed by atoms with E-state index in [1.54, 1.807) is 4.68 Å². The third-order valence-corrected chi connectivity index (χ3v) is 3.14. The van der Waals surface area contributed by atoms with Crippen LogP contribution in [0.15, 0.2) is 28.7 Å². The lowest BCUT2D eigenvalue weighted by Gasteiger charge is -2.05. The van der Waals surface area contributed by atoms with Crippen LogP contribution in [-0.4, -0.2) is 9.78 Å². The summed E-state index contributed by atoms with van der Waals surface area (Å²) in [7, 11) is 0. The zero-order valence-electron chi connectivity index (χ0n) is 8.48. The molecule has 82 valence electrons. The predicted molar refractivity (Wildman–Crippen MR) is 64.2 cm³/mol. The van der Waals surface area contributed by atoms with Gasteiger partial charge in [0.1, 0.15) is 5.82 Å². The minimum Gasteiger partial charge on any atom is -0.383 e. The maximum atomic E-state index is 6.04. The van der Waals surface area contributed by atoms with Gasteiger partial charge < -0.3 is 10.5 Å². The highest BCUT2D eigenvalue weighted by Gasteiger charge is 2.21. The van der Waals surface area contributed by atoms with E-state index in [1.807, 2.05) is 24.3 Å². The first-order chi connectivity index (χ1) is 7.75. The number of nitrogens with two attached hydrogens (primary N) is 1. The van der Waals surface area contributed by atoms with Crippen LogP contribution in [0.25, 0.3) is 5.69 Å². The lowest BCUT2D eigenvalue weighted by molar-refractivity contribution is 0.131. The minimum atomic E-state index is 0.556. The second kappa shape index (κ2) is 3.61. The Hall–Kier alpha value is -1.33. The van der Waals surface area contributed by atoms with Crippen molar-refractivity contribution in [2.75, 3.05) is 5.73 Å². The molecule has 2 heterocycles. The van der Waals surface area contributed by atoms with Gasteiger partial charge in [0.05, 0.1) is 24.6 Å². The van der Waals surface area contributed by atoms with Crippen molar-refractivity contribution >= 4 is 21.7 Å². The molecule has 0 bridgehead atoms. The normalized spacial score (nSPS) is 14.1. The Balaban J connectivity index is 2.14. The van der Waals surface area contributed by atoms with Crippen LogP contribution in [0.1, 0.15) is 11.3 Å². The summed E-state index contributed by atoms with van der Waals surface area (Å²) in [5.74, 6) is 0.672. The van der Waals surface area contributed by atoms with E-state index < -0.39 is 0 Å². The highest BCUT2D eigenvalue weighted by atomic mass is 79.9. The molecule has 0 saturated carbocycles. The average molecular weight is 280 g/mol.